The summed E-state index contributed by atoms with van der Waals surface area (Å²) in [7, 11) is -3.38. The fraction of sp³-hybridized carbons (Fsp3) is 0.429. The monoisotopic (exact) mass is 553 g/mol. The number of ether oxygens (including phenoxy) is 1. The van der Waals surface area contributed by atoms with Gasteiger partial charge in [-0.1, -0.05) is 11.6 Å². The number of sulfonamides is 1. The fourth-order valence-electron chi connectivity index (χ4n) is 5.87. The lowest BCUT2D eigenvalue weighted by molar-refractivity contribution is 0.176. The summed E-state index contributed by atoms with van der Waals surface area (Å²) in [6, 6.07) is 11.5. The molecule has 5 heterocycles. The van der Waals surface area contributed by atoms with Gasteiger partial charge in [-0.2, -0.15) is 0 Å². The number of hydrogen-bond donors (Lipinski definition) is 1. The first-order chi connectivity index (χ1) is 18.5. The van der Waals surface area contributed by atoms with Crippen molar-refractivity contribution in [2.45, 2.75) is 31.6 Å². The van der Waals surface area contributed by atoms with Crippen molar-refractivity contribution in [3.63, 3.8) is 0 Å². The Morgan fingerprint density at radius 2 is 1.84 bits per heavy atom. The maximum Gasteiger partial charge on any atom is 0.227 e. The minimum atomic E-state index is -3.38. The van der Waals surface area contributed by atoms with E-state index in [1.54, 1.807) is 16.4 Å². The zero-order chi connectivity index (χ0) is 26.1. The predicted molar refractivity (Wildman–Crippen MR) is 150 cm³/mol. The van der Waals surface area contributed by atoms with Crippen LogP contribution in [0, 0.1) is 5.92 Å². The molecule has 1 aromatic carbocycles. The van der Waals surface area contributed by atoms with Gasteiger partial charge in [0, 0.05) is 47.2 Å². The van der Waals surface area contributed by atoms with Gasteiger partial charge in [0.1, 0.15) is 17.3 Å². The van der Waals surface area contributed by atoms with Gasteiger partial charge in [0.25, 0.3) is 0 Å². The third kappa shape index (κ3) is 5.38. The molecule has 0 amide bonds. The van der Waals surface area contributed by atoms with Crippen molar-refractivity contribution < 1.29 is 13.2 Å². The number of likely N-dealkylation sites (tertiary alicyclic amines) is 1. The summed E-state index contributed by atoms with van der Waals surface area (Å²) in [5.74, 6) is 1.38. The van der Waals surface area contributed by atoms with Crippen LogP contribution in [0.3, 0.4) is 0 Å². The smallest absolute Gasteiger partial charge is 0.227 e. The Hall–Kier alpha value is -2.72. The van der Waals surface area contributed by atoms with Crippen molar-refractivity contribution >= 4 is 43.6 Å². The third-order valence-electron chi connectivity index (χ3n) is 7.87. The lowest BCUT2D eigenvalue weighted by atomic mass is 9.87. The Kier molecular flexibility index (Phi) is 7.27. The quantitative estimate of drug-likeness (QED) is 0.345. The van der Waals surface area contributed by atoms with Crippen molar-refractivity contribution in [2.75, 3.05) is 38.7 Å². The van der Waals surface area contributed by atoms with Crippen LogP contribution in [0.15, 0.2) is 55.0 Å². The first-order valence-electron chi connectivity index (χ1n) is 13.3. The third-order valence-corrected chi connectivity index (χ3v) is 9.93. The van der Waals surface area contributed by atoms with E-state index in [0.29, 0.717) is 30.6 Å². The summed E-state index contributed by atoms with van der Waals surface area (Å²) in [6.45, 7) is 3.11. The van der Waals surface area contributed by atoms with E-state index < -0.39 is 10.0 Å². The molecule has 0 spiro atoms. The maximum atomic E-state index is 13.4. The molecule has 2 saturated heterocycles. The topological polar surface area (TPSA) is 91.4 Å². The normalized spacial score (nSPS) is 20.3. The van der Waals surface area contributed by atoms with E-state index in [1.807, 2.05) is 30.7 Å². The number of halogens is 1. The maximum absolute atomic E-state index is 13.4. The summed E-state index contributed by atoms with van der Waals surface area (Å²) >= 11 is 5.95. The number of aromatic amines is 1. The molecule has 0 bridgehead atoms. The van der Waals surface area contributed by atoms with Crippen LogP contribution in [-0.4, -0.2) is 71.2 Å². The number of rotatable bonds is 7. The van der Waals surface area contributed by atoms with E-state index in [-0.39, 0.29) is 11.8 Å². The van der Waals surface area contributed by atoms with Gasteiger partial charge >= 0.3 is 0 Å². The van der Waals surface area contributed by atoms with Gasteiger partial charge in [-0.05, 0) is 86.7 Å². The number of piperidine rings is 2. The molecular weight excluding hydrogens is 522 g/mol. The minimum Gasteiger partial charge on any atom is -0.493 e. The number of H-pyrrole nitrogens is 1. The SMILES string of the molecule is O=S(=O)(CN1CCC(c2ccnc3cnc4[nH]ccc4c23)CC1)N1CCCC(COc2ccc(Cl)cc2)C1. The van der Waals surface area contributed by atoms with Gasteiger partial charge in [-0.15, -0.1) is 0 Å². The van der Waals surface area contributed by atoms with Gasteiger partial charge in [0.15, 0.2) is 0 Å². The van der Waals surface area contributed by atoms with Crippen LogP contribution in [0.4, 0.5) is 0 Å². The van der Waals surface area contributed by atoms with Gasteiger partial charge in [-0.3, -0.25) is 9.88 Å². The lowest BCUT2D eigenvalue weighted by Gasteiger charge is -2.36. The highest BCUT2D eigenvalue weighted by Gasteiger charge is 2.32. The van der Waals surface area contributed by atoms with Crippen LogP contribution in [0.25, 0.3) is 21.9 Å². The lowest BCUT2D eigenvalue weighted by Crippen LogP contribution is -2.47. The molecule has 1 N–H and O–H groups in total. The van der Waals surface area contributed by atoms with Crippen molar-refractivity contribution in [3.05, 3.63) is 65.6 Å². The minimum absolute atomic E-state index is 0.0769. The number of hydrogen-bond acceptors (Lipinski definition) is 6. The molecule has 0 radical (unpaired) electrons. The molecule has 2 aliphatic heterocycles. The summed E-state index contributed by atoms with van der Waals surface area (Å²) in [5.41, 5.74) is 3.05. The average molecular weight is 554 g/mol. The summed E-state index contributed by atoms with van der Waals surface area (Å²) in [5, 5.41) is 2.92. The van der Waals surface area contributed by atoms with E-state index in [0.717, 1.165) is 66.5 Å². The highest BCUT2D eigenvalue weighted by atomic mass is 35.5. The molecule has 1 atom stereocenters. The van der Waals surface area contributed by atoms with Crippen LogP contribution < -0.4 is 4.74 Å². The number of aromatic nitrogens is 3. The molecule has 8 nitrogen and oxygen atoms in total. The van der Waals surface area contributed by atoms with Crippen LogP contribution in [0.5, 0.6) is 5.75 Å². The average Bonchev–Trinajstić information content (AvgIpc) is 3.42. The summed E-state index contributed by atoms with van der Waals surface area (Å²) in [4.78, 5) is 14.3. The van der Waals surface area contributed by atoms with Crippen molar-refractivity contribution in [2.24, 2.45) is 5.92 Å². The highest BCUT2D eigenvalue weighted by Crippen LogP contribution is 2.35. The second-order valence-electron chi connectivity index (χ2n) is 10.4. The molecule has 2 fully saturated rings. The number of fused-ring (bicyclic) bond motifs is 3. The Labute approximate surface area is 228 Å². The standard InChI is InChI=1S/C28H32ClN5O3S/c29-22-3-5-23(6-4-22)37-18-20-2-1-13-34(17-20)38(35,36)19-33-14-9-21(10-15-33)24-7-11-30-26-16-32-28-25(27(24)26)8-12-31-28/h3-8,11-12,16,20-21H,1-2,9-10,13-15,17-19H2,(H,31,32). The first-order valence-corrected chi connectivity index (χ1v) is 15.2. The van der Waals surface area contributed by atoms with Crippen LogP contribution in [0.2, 0.25) is 5.02 Å². The Balaban J connectivity index is 1.07. The number of pyridine rings is 2. The molecule has 10 heteroatoms. The zero-order valence-corrected chi connectivity index (χ0v) is 22.8. The van der Waals surface area contributed by atoms with Crippen molar-refractivity contribution in [3.8, 4) is 5.75 Å². The zero-order valence-electron chi connectivity index (χ0n) is 21.2. The van der Waals surface area contributed by atoms with E-state index in [1.165, 1.54) is 5.56 Å². The second-order valence-corrected chi connectivity index (χ2v) is 12.8. The Morgan fingerprint density at radius 3 is 2.66 bits per heavy atom. The molecule has 1 unspecified atom stereocenters. The van der Waals surface area contributed by atoms with Crippen LogP contribution in [0.1, 0.15) is 37.2 Å². The molecule has 4 aromatic rings. The Morgan fingerprint density at radius 1 is 1.03 bits per heavy atom. The largest absolute Gasteiger partial charge is 0.493 e. The number of nitrogens with one attached hydrogen (secondary N) is 1. The van der Waals surface area contributed by atoms with Crippen LogP contribution >= 0.6 is 11.6 Å². The molecule has 6 rings (SSSR count). The second kappa shape index (κ2) is 10.8. The van der Waals surface area contributed by atoms with Crippen LogP contribution in [-0.2, 0) is 10.0 Å². The molecule has 38 heavy (non-hydrogen) atoms. The first kappa shape index (κ1) is 25.6. The molecular formula is C28H32ClN5O3S. The summed E-state index contributed by atoms with van der Waals surface area (Å²) < 4.78 is 34.3. The molecule has 0 aliphatic carbocycles. The summed E-state index contributed by atoms with van der Waals surface area (Å²) in [6.07, 6.45) is 9.25. The molecule has 3 aromatic heterocycles. The number of benzene rings is 1. The van der Waals surface area contributed by atoms with E-state index in [2.05, 4.69) is 32.0 Å². The fourth-order valence-corrected chi connectivity index (χ4v) is 7.72. The highest BCUT2D eigenvalue weighted by molar-refractivity contribution is 7.89. The molecule has 200 valence electrons. The van der Waals surface area contributed by atoms with E-state index in [4.69, 9.17) is 16.3 Å². The molecule has 2 aliphatic rings. The van der Waals surface area contributed by atoms with E-state index in [9.17, 15) is 8.42 Å². The van der Waals surface area contributed by atoms with Crippen molar-refractivity contribution in [1.82, 2.24) is 24.2 Å². The van der Waals surface area contributed by atoms with Crippen molar-refractivity contribution in [1.29, 1.82) is 0 Å². The van der Waals surface area contributed by atoms with Gasteiger partial charge < -0.3 is 9.72 Å². The number of nitrogens with zero attached hydrogens (tertiary/aromatic N) is 4. The van der Waals surface area contributed by atoms with E-state index >= 15 is 0 Å². The van der Waals surface area contributed by atoms with Gasteiger partial charge in [0.2, 0.25) is 10.0 Å². The Bertz CT molecular complexity index is 1520. The van der Waals surface area contributed by atoms with Gasteiger partial charge in [0.05, 0.1) is 18.3 Å². The predicted octanol–water partition coefficient (Wildman–Crippen LogP) is 5.02. The molecule has 0 saturated carbocycles. The van der Waals surface area contributed by atoms with Gasteiger partial charge in [-0.25, -0.2) is 17.7 Å².